The average molecular weight is 286 g/mol. The normalized spacial score (nSPS) is 24.9. The molecule has 0 saturated heterocycles. The zero-order valence-electron chi connectivity index (χ0n) is 13.2. The first kappa shape index (κ1) is 14.4. The van der Waals surface area contributed by atoms with Gasteiger partial charge >= 0.3 is 0 Å². The molecule has 1 heterocycles. The highest BCUT2D eigenvalue weighted by Gasteiger charge is 2.25. The van der Waals surface area contributed by atoms with Crippen LogP contribution >= 0.6 is 0 Å². The molecule has 0 unspecified atom stereocenters. The third kappa shape index (κ3) is 3.07. The van der Waals surface area contributed by atoms with E-state index in [9.17, 15) is 4.79 Å². The van der Waals surface area contributed by atoms with Gasteiger partial charge in [-0.25, -0.2) is 0 Å². The van der Waals surface area contributed by atoms with Crippen molar-refractivity contribution >= 4 is 11.6 Å². The van der Waals surface area contributed by atoms with Crippen LogP contribution in [-0.2, 0) is 6.42 Å². The van der Waals surface area contributed by atoms with Crippen molar-refractivity contribution in [2.45, 2.75) is 51.5 Å². The number of carbonyl (C=O) groups is 1. The van der Waals surface area contributed by atoms with E-state index in [0.717, 1.165) is 43.7 Å². The Hall–Kier alpha value is -1.51. The molecule has 1 fully saturated rings. The number of hydrogen-bond acceptors (Lipinski definition) is 2. The SMILES string of the molecule is CC1CCC(N(C)C(=O)c2ccc3c(c2)CCCN3)CC1. The van der Waals surface area contributed by atoms with Crippen molar-refractivity contribution < 1.29 is 4.79 Å². The molecular formula is C18H26N2O. The number of anilines is 1. The van der Waals surface area contributed by atoms with E-state index in [1.54, 1.807) is 0 Å². The fraction of sp³-hybridized carbons (Fsp3) is 0.611. The van der Waals surface area contributed by atoms with Crippen molar-refractivity contribution in [1.29, 1.82) is 0 Å². The maximum Gasteiger partial charge on any atom is 0.253 e. The van der Waals surface area contributed by atoms with Crippen LogP contribution in [0.3, 0.4) is 0 Å². The molecule has 1 N–H and O–H groups in total. The van der Waals surface area contributed by atoms with Crippen molar-refractivity contribution in [3.05, 3.63) is 29.3 Å². The minimum Gasteiger partial charge on any atom is -0.385 e. The summed E-state index contributed by atoms with van der Waals surface area (Å²) in [4.78, 5) is 14.7. The summed E-state index contributed by atoms with van der Waals surface area (Å²) in [5.74, 6) is 1.00. The zero-order chi connectivity index (χ0) is 14.8. The number of hydrogen-bond donors (Lipinski definition) is 1. The van der Waals surface area contributed by atoms with E-state index in [0.29, 0.717) is 6.04 Å². The zero-order valence-corrected chi connectivity index (χ0v) is 13.2. The van der Waals surface area contributed by atoms with E-state index < -0.39 is 0 Å². The average Bonchev–Trinajstić information content (AvgIpc) is 2.54. The number of nitrogens with zero attached hydrogens (tertiary/aromatic N) is 1. The maximum absolute atomic E-state index is 12.7. The maximum atomic E-state index is 12.7. The van der Waals surface area contributed by atoms with Crippen LogP contribution in [0.4, 0.5) is 5.69 Å². The summed E-state index contributed by atoms with van der Waals surface area (Å²) >= 11 is 0. The van der Waals surface area contributed by atoms with Gasteiger partial charge in [0, 0.05) is 30.9 Å². The largest absolute Gasteiger partial charge is 0.385 e. The number of benzene rings is 1. The summed E-state index contributed by atoms with van der Waals surface area (Å²) in [6, 6.07) is 6.55. The molecule has 1 aromatic rings. The summed E-state index contributed by atoms with van der Waals surface area (Å²) < 4.78 is 0. The highest BCUT2D eigenvalue weighted by atomic mass is 16.2. The highest BCUT2D eigenvalue weighted by Crippen LogP contribution is 2.28. The van der Waals surface area contributed by atoms with E-state index in [-0.39, 0.29) is 5.91 Å². The number of aryl methyl sites for hydroxylation is 1. The number of nitrogens with one attached hydrogen (secondary N) is 1. The van der Waals surface area contributed by atoms with Crippen LogP contribution < -0.4 is 5.32 Å². The van der Waals surface area contributed by atoms with E-state index in [1.165, 1.54) is 24.1 Å². The summed E-state index contributed by atoms with van der Waals surface area (Å²) in [5, 5.41) is 3.40. The lowest BCUT2D eigenvalue weighted by molar-refractivity contribution is 0.0679. The molecule has 21 heavy (non-hydrogen) atoms. The second-order valence-corrected chi connectivity index (χ2v) is 6.73. The number of fused-ring (bicyclic) bond motifs is 1. The summed E-state index contributed by atoms with van der Waals surface area (Å²) in [5.41, 5.74) is 3.34. The summed E-state index contributed by atoms with van der Waals surface area (Å²) in [6.07, 6.45) is 7.02. The smallest absolute Gasteiger partial charge is 0.253 e. The van der Waals surface area contributed by atoms with Gasteiger partial charge in [-0.2, -0.15) is 0 Å². The Morgan fingerprint density at radius 1 is 1.24 bits per heavy atom. The molecule has 0 aromatic heterocycles. The van der Waals surface area contributed by atoms with Crippen LogP contribution in [0.25, 0.3) is 0 Å². The molecule has 1 aliphatic heterocycles. The predicted octanol–water partition coefficient (Wildman–Crippen LogP) is 3.70. The molecule has 114 valence electrons. The van der Waals surface area contributed by atoms with Gasteiger partial charge in [-0.1, -0.05) is 6.92 Å². The summed E-state index contributed by atoms with van der Waals surface area (Å²) in [7, 11) is 1.97. The van der Waals surface area contributed by atoms with Gasteiger partial charge < -0.3 is 10.2 Å². The monoisotopic (exact) mass is 286 g/mol. The van der Waals surface area contributed by atoms with Crippen LogP contribution in [0, 0.1) is 5.92 Å². The van der Waals surface area contributed by atoms with E-state index in [1.807, 2.05) is 18.0 Å². The molecule has 3 heteroatoms. The fourth-order valence-electron chi connectivity index (χ4n) is 3.61. The first-order valence-electron chi connectivity index (χ1n) is 8.29. The van der Waals surface area contributed by atoms with E-state index in [4.69, 9.17) is 0 Å². The lowest BCUT2D eigenvalue weighted by Crippen LogP contribution is -2.39. The second-order valence-electron chi connectivity index (χ2n) is 6.73. The molecule has 1 aliphatic carbocycles. The van der Waals surface area contributed by atoms with Crippen LogP contribution in [0.1, 0.15) is 54.9 Å². The Labute approximate surface area is 127 Å². The Balaban J connectivity index is 1.72. The lowest BCUT2D eigenvalue weighted by atomic mass is 9.86. The van der Waals surface area contributed by atoms with Crippen LogP contribution in [0.15, 0.2) is 18.2 Å². The van der Waals surface area contributed by atoms with Gasteiger partial charge in [0.1, 0.15) is 0 Å². The van der Waals surface area contributed by atoms with Crippen molar-refractivity contribution in [3.63, 3.8) is 0 Å². The molecule has 0 atom stereocenters. The lowest BCUT2D eigenvalue weighted by Gasteiger charge is -2.33. The van der Waals surface area contributed by atoms with Gasteiger partial charge in [0.15, 0.2) is 0 Å². The van der Waals surface area contributed by atoms with Gasteiger partial charge in [-0.05, 0) is 68.2 Å². The van der Waals surface area contributed by atoms with Gasteiger partial charge in [-0.15, -0.1) is 0 Å². The third-order valence-corrected chi connectivity index (χ3v) is 5.14. The first-order chi connectivity index (χ1) is 10.1. The molecular weight excluding hydrogens is 260 g/mol. The molecule has 3 rings (SSSR count). The highest BCUT2D eigenvalue weighted by molar-refractivity contribution is 5.95. The van der Waals surface area contributed by atoms with Gasteiger partial charge in [0.25, 0.3) is 5.91 Å². The molecule has 0 spiro atoms. The summed E-state index contributed by atoms with van der Waals surface area (Å²) in [6.45, 7) is 3.36. The van der Waals surface area contributed by atoms with Crippen LogP contribution in [0.5, 0.6) is 0 Å². The number of amides is 1. The molecule has 2 aliphatic rings. The molecule has 1 saturated carbocycles. The minimum absolute atomic E-state index is 0.183. The van der Waals surface area contributed by atoms with Crippen molar-refractivity contribution in [2.24, 2.45) is 5.92 Å². The minimum atomic E-state index is 0.183. The Morgan fingerprint density at radius 3 is 2.76 bits per heavy atom. The molecule has 1 amide bonds. The van der Waals surface area contributed by atoms with Gasteiger partial charge in [0.2, 0.25) is 0 Å². The van der Waals surface area contributed by atoms with Crippen LogP contribution in [0.2, 0.25) is 0 Å². The quantitative estimate of drug-likeness (QED) is 0.899. The van der Waals surface area contributed by atoms with E-state index >= 15 is 0 Å². The van der Waals surface area contributed by atoms with Crippen molar-refractivity contribution in [3.8, 4) is 0 Å². The van der Waals surface area contributed by atoms with Gasteiger partial charge in [0.05, 0.1) is 0 Å². The molecule has 1 aromatic carbocycles. The molecule has 3 nitrogen and oxygen atoms in total. The van der Waals surface area contributed by atoms with Crippen molar-refractivity contribution in [1.82, 2.24) is 4.90 Å². The van der Waals surface area contributed by atoms with Gasteiger partial charge in [-0.3, -0.25) is 4.79 Å². The standard InChI is InChI=1S/C18H26N2O/c1-13-5-8-16(9-6-13)20(2)18(21)15-7-10-17-14(12-15)4-3-11-19-17/h7,10,12-13,16,19H,3-6,8-9,11H2,1-2H3. The second kappa shape index (κ2) is 6.08. The number of carbonyl (C=O) groups excluding carboxylic acids is 1. The molecule has 0 bridgehead atoms. The number of rotatable bonds is 2. The Morgan fingerprint density at radius 2 is 2.00 bits per heavy atom. The van der Waals surface area contributed by atoms with Crippen LogP contribution in [-0.4, -0.2) is 30.4 Å². The van der Waals surface area contributed by atoms with E-state index in [2.05, 4.69) is 24.4 Å². The Bertz CT molecular complexity index is 518. The molecule has 0 radical (unpaired) electrons. The van der Waals surface area contributed by atoms with Crippen molar-refractivity contribution in [2.75, 3.05) is 18.9 Å². The topological polar surface area (TPSA) is 32.3 Å². The fourth-order valence-corrected chi connectivity index (χ4v) is 3.61. The Kier molecular flexibility index (Phi) is 4.18. The first-order valence-corrected chi connectivity index (χ1v) is 8.29. The third-order valence-electron chi connectivity index (χ3n) is 5.14. The predicted molar refractivity (Wildman–Crippen MR) is 86.8 cm³/mol.